The van der Waals surface area contributed by atoms with E-state index in [4.69, 9.17) is 11.6 Å². The third kappa shape index (κ3) is 5.92. The molecule has 8 nitrogen and oxygen atoms in total. The van der Waals surface area contributed by atoms with Crippen LogP contribution < -0.4 is 56.5 Å². The van der Waals surface area contributed by atoms with E-state index in [0.717, 1.165) is 47.3 Å². The number of imidazole rings is 1. The fraction of sp³-hybridized carbons (Fsp3) is 0.273. The summed E-state index contributed by atoms with van der Waals surface area (Å²) < 4.78 is 2.02. The minimum atomic E-state index is -0.134. The Labute approximate surface area is 234 Å². The Morgan fingerprint density at radius 2 is 1.78 bits per heavy atom. The minimum Gasteiger partial charge on any atom is -0.412 e. The number of aromatic nitrogens is 6. The van der Waals surface area contributed by atoms with Crippen LogP contribution >= 0.6 is 11.6 Å². The zero-order valence-electron chi connectivity index (χ0n) is 18.2. The molecule has 0 aliphatic heterocycles. The number of aryl methyl sites for hydroxylation is 1. The number of benzene rings is 2. The second-order valence-electron chi connectivity index (χ2n) is 7.06. The van der Waals surface area contributed by atoms with E-state index >= 15 is 0 Å². The van der Waals surface area contributed by atoms with Gasteiger partial charge in [0.25, 0.3) is 0 Å². The molecule has 0 saturated carbocycles. The fourth-order valence-electron chi connectivity index (χ4n) is 3.52. The molecule has 3 N–H and O–H groups in total. The van der Waals surface area contributed by atoms with Gasteiger partial charge in [0.2, 0.25) is 0 Å². The molecule has 0 spiro atoms. The van der Waals surface area contributed by atoms with Crippen molar-refractivity contribution in [3.63, 3.8) is 0 Å². The van der Waals surface area contributed by atoms with Gasteiger partial charge in [-0.1, -0.05) is 73.5 Å². The largest absolute Gasteiger partial charge is 1.00 e. The Hall–Kier alpha value is -1.43. The van der Waals surface area contributed by atoms with Crippen molar-refractivity contribution in [1.82, 2.24) is 30.2 Å². The predicted molar refractivity (Wildman–Crippen MR) is 119 cm³/mol. The SMILES string of the molecule is CCCCc1nc(Cl)c(CO)n1Cc1ccc(-c2ccccc2-c2nnn[n-]2)cc1.O.[K+]. The summed E-state index contributed by atoms with van der Waals surface area (Å²) in [5, 5.41) is 25.3. The minimum absolute atomic E-state index is 0. The van der Waals surface area contributed by atoms with Crippen molar-refractivity contribution in [3.05, 3.63) is 70.8 Å². The summed E-state index contributed by atoms with van der Waals surface area (Å²) in [5.74, 6) is 1.42. The predicted octanol–water partition coefficient (Wildman–Crippen LogP) is 0.0752. The number of unbranched alkanes of at least 4 members (excludes halogenated alkanes) is 1. The smallest absolute Gasteiger partial charge is 0.412 e. The maximum atomic E-state index is 9.76. The first-order valence-electron chi connectivity index (χ1n) is 9.93. The first kappa shape index (κ1) is 26.8. The van der Waals surface area contributed by atoms with Gasteiger partial charge in [-0.25, -0.2) is 4.98 Å². The van der Waals surface area contributed by atoms with Crippen LogP contribution in [0.5, 0.6) is 0 Å². The molecule has 2 aromatic heterocycles. The molecule has 0 unspecified atom stereocenters. The monoisotopic (exact) mass is 478 g/mol. The molecule has 0 atom stereocenters. The summed E-state index contributed by atoms with van der Waals surface area (Å²) in [6, 6.07) is 16.2. The van der Waals surface area contributed by atoms with Gasteiger partial charge in [0, 0.05) is 18.8 Å². The Balaban J connectivity index is 0.00000181. The van der Waals surface area contributed by atoms with Gasteiger partial charge < -0.3 is 20.2 Å². The van der Waals surface area contributed by atoms with Crippen LogP contribution in [0.3, 0.4) is 0 Å². The van der Waals surface area contributed by atoms with Crippen LogP contribution in [0.2, 0.25) is 5.15 Å². The van der Waals surface area contributed by atoms with Crippen molar-refractivity contribution in [2.45, 2.75) is 39.3 Å². The molecule has 0 bridgehead atoms. The van der Waals surface area contributed by atoms with Gasteiger partial charge in [0.05, 0.1) is 12.3 Å². The number of nitrogens with zero attached hydrogens (tertiary/aromatic N) is 6. The second kappa shape index (κ2) is 12.7. The molecular weight excluding hydrogens is 455 g/mol. The number of hydrogen-bond acceptors (Lipinski definition) is 5. The molecule has 0 amide bonds. The number of aliphatic hydroxyl groups is 1. The van der Waals surface area contributed by atoms with E-state index in [9.17, 15) is 5.11 Å². The molecule has 0 aliphatic carbocycles. The van der Waals surface area contributed by atoms with E-state index < -0.39 is 0 Å². The van der Waals surface area contributed by atoms with E-state index in [1.165, 1.54) is 0 Å². The Morgan fingerprint density at radius 1 is 1.06 bits per heavy atom. The second-order valence-corrected chi connectivity index (χ2v) is 7.42. The van der Waals surface area contributed by atoms with Crippen LogP contribution in [0.25, 0.3) is 22.5 Å². The number of tetrazole rings is 1. The van der Waals surface area contributed by atoms with Crippen molar-refractivity contribution in [2.24, 2.45) is 0 Å². The molecule has 4 rings (SSSR count). The summed E-state index contributed by atoms with van der Waals surface area (Å²) in [6.45, 7) is 2.62. The average molecular weight is 479 g/mol. The molecule has 0 aliphatic rings. The number of halogens is 1. The zero-order chi connectivity index (χ0) is 20.9. The van der Waals surface area contributed by atoms with Gasteiger partial charge in [-0.3, -0.25) is 10.3 Å². The molecule has 162 valence electrons. The van der Waals surface area contributed by atoms with Crippen LogP contribution in [0, 0.1) is 0 Å². The summed E-state index contributed by atoms with van der Waals surface area (Å²) >= 11 is 6.25. The Bertz CT molecular complexity index is 1120. The fourth-order valence-corrected chi connectivity index (χ4v) is 3.78. The maximum absolute atomic E-state index is 9.76. The topological polar surface area (TPSA) is 122 Å². The standard InChI is InChI=1S/C22H22ClN6O.K.H2O/c1-2-3-8-20-24-21(23)19(14-30)29(20)13-15-9-11-16(12-10-15)17-6-4-5-7-18(17)22-25-27-28-26-22;;/h4-7,9-12,30H,2-3,8,13-14H2,1H3;;1H2/q-1;+1;. The average Bonchev–Trinajstić information content (AvgIpc) is 3.41. The number of aliphatic hydroxyl groups excluding tert-OH is 1. The number of rotatable bonds is 8. The van der Waals surface area contributed by atoms with Gasteiger partial charge in [0.1, 0.15) is 5.82 Å². The Kier molecular flexibility index (Phi) is 10.7. The summed E-state index contributed by atoms with van der Waals surface area (Å²) in [6.07, 6.45) is 2.94. The molecule has 0 saturated heterocycles. The molecule has 0 fully saturated rings. The number of hydrogen-bond donors (Lipinski definition) is 1. The quantitative estimate of drug-likeness (QED) is 0.358. The van der Waals surface area contributed by atoms with Crippen molar-refractivity contribution >= 4 is 11.6 Å². The van der Waals surface area contributed by atoms with Gasteiger partial charge in [-0.15, -0.1) is 0 Å². The molecular formula is C22H24ClKN6O2. The molecule has 10 heteroatoms. The molecule has 2 aromatic carbocycles. The molecule has 2 heterocycles. The van der Waals surface area contributed by atoms with Gasteiger partial charge in [-0.2, -0.15) is 5.21 Å². The van der Waals surface area contributed by atoms with E-state index in [1.54, 1.807) is 0 Å². The van der Waals surface area contributed by atoms with E-state index in [0.29, 0.717) is 23.2 Å². The van der Waals surface area contributed by atoms with Crippen molar-refractivity contribution in [1.29, 1.82) is 0 Å². The molecule has 32 heavy (non-hydrogen) atoms. The van der Waals surface area contributed by atoms with Crippen molar-refractivity contribution in [3.8, 4) is 22.5 Å². The summed E-state index contributed by atoms with van der Waals surface area (Å²) in [7, 11) is 0. The van der Waals surface area contributed by atoms with E-state index in [1.807, 2.05) is 28.8 Å². The first-order valence-corrected chi connectivity index (χ1v) is 10.3. The van der Waals surface area contributed by atoms with Gasteiger partial charge in [-0.05, 0) is 28.7 Å². The maximum Gasteiger partial charge on any atom is 1.00 e. The molecule has 0 radical (unpaired) electrons. The van der Waals surface area contributed by atoms with Crippen LogP contribution in [0.15, 0.2) is 48.5 Å². The van der Waals surface area contributed by atoms with Crippen LogP contribution in [-0.2, 0) is 19.6 Å². The van der Waals surface area contributed by atoms with Crippen LogP contribution in [-0.4, -0.2) is 35.7 Å². The third-order valence-electron chi connectivity index (χ3n) is 5.10. The third-order valence-corrected chi connectivity index (χ3v) is 5.40. The first-order chi connectivity index (χ1) is 14.7. The zero-order valence-corrected chi connectivity index (χ0v) is 22.0. The summed E-state index contributed by atoms with van der Waals surface area (Å²) in [4.78, 5) is 4.46. The van der Waals surface area contributed by atoms with Crippen LogP contribution in [0.1, 0.15) is 36.8 Å². The van der Waals surface area contributed by atoms with E-state index in [-0.39, 0.29) is 63.5 Å². The van der Waals surface area contributed by atoms with Crippen LogP contribution in [0.4, 0.5) is 0 Å². The summed E-state index contributed by atoms with van der Waals surface area (Å²) in [5.41, 5.74) is 4.72. The normalized spacial score (nSPS) is 10.5. The van der Waals surface area contributed by atoms with Crippen molar-refractivity contribution < 1.29 is 62.0 Å². The van der Waals surface area contributed by atoms with Gasteiger partial charge in [0.15, 0.2) is 5.15 Å². The van der Waals surface area contributed by atoms with E-state index in [2.05, 4.69) is 56.8 Å². The molecule has 4 aromatic rings. The van der Waals surface area contributed by atoms with Crippen molar-refractivity contribution in [2.75, 3.05) is 0 Å². The Morgan fingerprint density at radius 3 is 2.41 bits per heavy atom. The van der Waals surface area contributed by atoms with Gasteiger partial charge >= 0.3 is 51.4 Å².